The third-order valence-electron chi connectivity index (χ3n) is 3.53. The Kier molecular flexibility index (Phi) is 7.89. The molecule has 1 rings (SSSR count). The van der Waals surface area contributed by atoms with Crippen LogP contribution in [0.3, 0.4) is 0 Å². The van der Waals surface area contributed by atoms with Gasteiger partial charge in [-0.3, -0.25) is 0 Å². The maximum Gasteiger partial charge on any atom is 0.187 e. The van der Waals surface area contributed by atoms with Gasteiger partial charge in [0.2, 0.25) is 0 Å². The first-order chi connectivity index (χ1) is 10.8. The van der Waals surface area contributed by atoms with E-state index in [0.29, 0.717) is 0 Å². The molecule has 0 aromatic rings. The second-order valence-corrected chi connectivity index (χ2v) is 5.17. The van der Waals surface area contributed by atoms with Gasteiger partial charge < -0.3 is 55.1 Å². The van der Waals surface area contributed by atoms with Crippen LogP contribution in [-0.4, -0.2) is 115 Å². The molecule has 136 valence electrons. The van der Waals surface area contributed by atoms with Gasteiger partial charge in [-0.2, -0.15) is 0 Å². The minimum atomic E-state index is -1.97. The van der Waals surface area contributed by atoms with E-state index in [-0.39, 0.29) is 6.29 Å². The van der Waals surface area contributed by atoms with Gasteiger partial charge in [0.05, 0.1) is 13.2 Å². The summed E-state index contributed by atoms with van der Waals surface area (Å²) in [5.41, 5.74) is 0. The summed E-state index contributed by atoms with van der Waals surface area (Å²) >= 11 is 0. The van der Waals surface area contributed by atoms with Gasteiger partial charge in [0, 0.05) is 0 Å². The average Bonchev–Trinajstić information content (AvgIpc) is 2.84. The number of ether oxygens (including phenoxy) is 2. The molecule has 9 unspecified atom stereocenters. The fourth-order valence-electron chi connectivity index (χ4n) is 2.11. The highest BCUT2D eigenvalue weighted by atomic mass is 16.7. The van der Waals surface area contributed by atoms with Gasteiger partial charge in [-0.1, -0.05) is 0 Å². The number of carbonyl (C=O) groups excluding carboxylic acids is 1. The van der Waals surface area contributed by atoms with Crippen LogP contribution >= 0.6 is 0 Å². The van der Waals surface area contributed by atoms with E-state index in [1.165, 1.54) is 0 Å². The normalized spacial score (nSPS) is 34.6. The largest absolute Gasteiger partial charge is 0.394 e. The van der Waals surface area contributed by atoms with E-state index >= 15 is 0 Å². The van der Waals surface area contributed by atoms with Crippen molar-refractivity contribution in [3.63, 3.8) is 0 Å². The van der Waals surface area contributed by atoms with Crippen LogP contribution in [0.1, 0.15) is 0 Å². The quantitative estimate of drug-likeness (QED) is 0.186. The van der Waals surface area contributed by atoms with Crippen molar-refractivity contribution in [1.29, 1.82) is 0 Å². The van der Waals surface area contributed by atoms with E-state index in [2.05, 4.69) is 0 Å². The van der Waals surface area contributed by atoms with Crippen molar-refractivity contribution < 1.29 is 55.1 Å². The SMILES string of the molecule is O=CC(O)C(O)C(O)C(CO)OC1OC(C(O)CO)C(O)C1O. The number of aliphatic hydroxyl groups excluding tert-OH is 8. The smallest absolute Gasteiger partial charge is 0.187 e. The van der Waals surface area contributed by atoms with Crippen LogP contribution in [0.15, 0.2) is 0 Å². The van der Waals surface area contributed by atoms with E-state index < -0.39 is 68.3 Å². The zero-order valence-corrected chi connectivity index (χ0v) is 12.0. The summed E-state index contributed by atoms with van der Waals surface area (Å²) in [4.78, 5) is 10.4. The molecule has 0 saturated carbocycles. The first-order valence-electron chi connectivity index (χ1n) is 6.84. The predicted molar refractivity (Wildman–Crippen MR) is 69.8 cm³/mol. The lowest BCUT2D eigenvalue weighted by molar-refractivity contribution is -0.235. The summed E-state index contributed by atoms with van der Waals surface area (Å²) in [6, 6.07) is 0. The van der Waals surface area contributed by atoms with Crippen molar-refractivity contribution in [3.8, 4) is 0 Å². The molecule has 0 aromatic carbocycles. The number of hydrogen-bond donors (Lipinski definition) is 8. The molecule has 0 radical (unpaired) electrons. The molecule has 1 fully saturated rings. The Morgan fingerprint density at radius 3 is 2.09 bits per heavy atom. The van der Waals surface area contributed by atoms with Gasteiger partial charge in [-0.15, -0.1) is 0 Å². The third kappa shape index (κ3) is 4.64. The Hall–Kier alpha value is -0.730. The number of aliphatic hydroxyl groups is 8. The van der Waals surface area contributed by atoms with Crippen LogP contribution in [-0.2, 0) is 14.3 Å². The van der Waals surface area contributed by atoms with Gasteiger partial charge in [0.15, 0.2) is 12.6 Å². The zero-order valence-electron chi connectivity index (χ0n) is 12.0. The Labute approximate surface area is 130 Å². The predicted octanol–water partition coefficient (Wildman–Crippen LogP) is -5.55. The summed E-state index contributed by atoms with van der Waals surface area (Å²) in [5.74, 6) is 0. The lowest BCUT2D eigenvalue weighted by Crippen LogP contribution is -2.49. The van der Waals surface area contributed by atoms with Gasteiger partial charge in [0.25, 0.3) is 0 Å². The highest BCUT2D eigenvalue weighted by Gasteiger charge is 2.48. The van der Waals surface area contributed by atoms with E-state index in [4.69, 9.17) is 19.7 Å². The van der Waals surface area contributed by atoms with Crippen LogP contribution < -0.4 is 0 Å². The van der Waals surface area contributed by atoms with Crippen molar-refractivity contribution in [1.82, 2.24) is 0 Å². The number of rotatable bonds is 9. The Morgan fingerprint density at radius 2 is 1.61 bits per heavy atom. The molecule has 1 heterocycles. The molecule has 9 atom stereocenters. The first-order valence-corrected chi connectivity index (χ1v) is 6.84. The third-order valence-corrected chi connectivity index (χ3v) is 3.53. The zero-order chi connectivity index (χ0) is 17.7. The molecule has 11 heteroatoms. The Balaban J connectivity index is 2.73. The van der Waals surface area contributed by atoms with Crippen molar-refractivity contribution in [2.75, 3.05) is 13.2 Å². The van der Waals surface area contributed by atoms with Crippen molar-refractivity contribution in [2.45, 2.75) is 55.1 Å². The van der Waals surface area contributed by atoms with E-state index in [1.807, 2.05) is 0 Å². The Bertz CT molecular complexity index is 367. The number of aldehydes is 1. The van der Waals surface area contributed by atoms with Crippen molar-refractivity contribution >= 4 is 6.29 Å². The molecule has 23 heavy (non-hydrogen) atoms. The van der Waals surface area contributed by atoms with E-state index in [9.17, 15) is 35.4 Å². The molecule has 1 aliphatic rings. The number of carbonyl (C=O) groups is 1. The second-order valence-electron chi connectivity index (χ2n) is 5.17. The van der Waals surface area contributed by atoms with Gasteiger partial charge in [-0.25, -0.2) is 0 Å². The molecule has 0 spiro atoms. The highest BCUT2D eigenvalue weighted by Crippen LogP contribution is 2.26. The minimum Gasteiger partial charge on any atom is -0.394 e. The summed E-state index contributed by atoms with van der Waals surface area (Å²) in [6.45, 7) is -1.63. The highest BCUT2D eigenvalue weighted by molar-refractivity contribution is 5.56. The van der Waals surface area contributed by atoms with Gasteiger partial charge in [-0.05, 0) is 0 Å². The fraction of sp³-hybridized carbons (Fsp3) is 0.917. The fourth-order valence-corrected chi connectivity index (χ4v) is 2.11. The molecule has 8 N–H and O–H groups in total. The lowest BCUT2D eigenvalue weighted by Gasteiger charge is -2.29. The van der Waals surface area contributed by atoms with Crippen molar-refractivity contribution in [2.24, 2.45) is 0 Å². The van der Waals surface area contributed by atoms with Crippen LogP contribution in [0.4, 0.5) is 0 Å². The summed E-state index contributed by atoms with van der Waals surface area (Å²) in [6.07, 6.45) is -15.1. The molecule has 0 aromatic heterocycles. The number of hydrogen-bond acceptors (Lipinski definition) is 11. The van der Waals surface area contributed by atoms with Crippen molar-refractivity contribution in [3.05, 3.63) is 0 Å². The monoisotopic (exact) mass is 342 g/mol. The molecule has 1 saturated heterocycles. The van der Waals surface area contributed by atoms with E-state index in [0.717, 1.165) is 0 Å². The average molecular weight is 342 g/mol. The van der Waals surface area contributed by atoms with Crippen LogP contribution in [0.5, 0.6) is 0 Å². The van der Waals surface area contributed by atoms with Crippen LogP contribution in [0.25, 0.3) is 0 Å². The molecule has 11 nitrogen and oxygen atoms in total. The molecule has 0 bridgehead atoms. The van der Waals surface area contributed by atoms with E-state index in [1.54, 1.807) is 0 Å². The standard InChI is InChI=1S/C12H22O11/c13-1-4(16)7(18)8(19)6(3-15)22-12-10(21)9(20)11(23-12)5(17)2-14/h1,4-12,14-21H,2-3H2. The minimum absolute atomic E-state index is 0.0272. The lowest BCUT2D eigenvalue weighted by atomic mass is 10.0. The molecule has 0 amide bonds. The molecule has 1 aliphatic heterocycles. The first kappa shape index (κ1) is 20.3. The molecular formula is C12H22O11. The summed E-state index contributed by atoms with van der Waals surface area (Å²) < 4.78 is 10.1. The van der Waals surface area contributed by atoms with Gasteiger partial charge >= 0.3 is 0 Å². The van der Waals surface area contributed by atoms with Crippen LogP contribution in [0.2, 0.25) is 0 Å². The second kappa shape index (κ2) is 8.94. The Morgan fingerprint density at radius 1 is 1.00 bits per heavy atom. The maximum absolute atomic E-state index is 10.4. The van der Waals surface area contributed by atoms with Gasteiger partial charge in [0.1, 0.15) is 48.8 Å². The topological polar surface area (TPSA) is 197 Å². The van der Waals surface area contributed by atoms with Crippen LogP contribution in [0, 0.1) is 0 Å². The molecular weight excluding hydrogens is 320 g/mol. The molecule has 0 aliphatic carbocycles. The summed E-state index contributed by atoms with van der Waals surface area (Å²) in [7, 11) is 0. The maximum atomic E-state index is 10.4. The summed E-state index contributed by atoms with van der Waals surface area (Å²) in [5, 5.41) is 75.3.